The van der Waals surface area contributed by atoms with E-state index in [0.29, 0.717) is 10.6 Å². The Morgan fingerprint density at radius 1 is 0.933 bits per heavy atom. The van der Waals surface area contributed by atoms with Crippen LogP contribution in [0.1, 0.15) is 66.5 Å². The second-order valence-electron chi connectivity index (χ2n) is 13.5. The number of nitrogens with one attached hydrogen (secondary N) is 3. The molecule has 45 heavy (non-hydrogen) atoms. The lowest BCUT2D eigenvalue weighted by Gasteiger charge is -2.40. The Labute approximate surface area is 274 Å². The molecule has 3 atom stereocenters. The minimum atomic E-state index is -3.99. The monoisotopic (exact) mass is 660 g/mol. The van der Waals surface area contributed by atoms with Crippen molar-refractivity contribution in [3.05, 3.63) is 82.4 Å². The highest BCUT2D eigenvalue weighted by atomic mass is 35.5. The number of amides is 3. The van der Waals surface area contributed by atoms with Crippen LogP contribution in [0.25, 0.3) is 0 Å². The lowest BCUT2D eigenvalue weighted by molar-refractivity contribution is -0.140. The molecule has 2 aromatic rings. The Hall–Kier alpha value is -3.21. The molecule has 0 aliphatic rings. The van der Waals surface area contributed by atoms with Gasteiger partial charge in [-0.15, -0.1) is 0 Å². The van der Waals surface area contributed by atoms with E-state index in [-0.39, 0.29) is 23.3 Å². The normalized spacial score (nSPS) is 14.8. The van der Waals surface area contributed by atoms with Gasteiger partial charge >= 0.3 is 0 Å². The number of rotatable bonds is 13. The molecule has 0 fully saturated rings. The molecule has 0 bridgehead atoms. The molecule has 0 aromatic heterocycles. The molecule has 0 radical (unpaired) electrons. The maximum atomic E-state index is 14.1. The number of likely N-dealkylation sites (N-methyl/N-ethyl adjacent to an activating group) is 2. The lowest BCUT2D eigenvalue weighted by atomic mass is 9.76. The van der Waals surface area contributed by atoms with Gasteiger partial charge in [0.15, 0.2) is 0 Å². The zero-order valence-corrected chi connectivity index (χ0v) is 29.6. The third-order valence-corrected chi connectivity index (χ3v) is 9.43. The van der Waals surface area contributed by atoms with Crippen LogP contribution in [0.4, 0.5) is 0 Å². The fourth-order valence-corrected chi connectivity index (χ4v) is 6.49. The summed E-state index contributed by atoms with van der Waals surface area (Å²) < 4.78 is 27.5. The molecule has 0 saturated heterocycles. The SMILES string of the molecule is CN[C@H](C(=O)N[C@H](C(=O)N(C)[C@H](C=C(C)C(=O)NS(=O)(=O)Cc1ccc(Cl)cc1)C(C)C)C(C)(C)C)C(C)(C)c1ccccc1. The third kappa shape index (κ3) is 10.4. The molecule has 0 aliphatic heterocycles. The van der Waals surface area contributed by atoms with E-state index in [1.54, 1.807) is 44.4 Å². The molecule has 2 rings (SSSR count). The summed E-state index contributed by atoms with van der Waals surface area (Å²) in [7, 11) is -0.645. The fourth-order valence-electron chi connectivity index (χ4n) is 5.22. The highest BCUT2D eigenvalue weighted by molar-refractivity contribution is 7.89. The van der Waals surface area contributed by atoms with Crippen molar-refractivity contribution in [2.75, 3.05) is 14.1 Å². The highest BCUT2D eigenvalue weighted by Crippen LogP contribution is 2.29. The lowest BCUT2D eigenvalue weighted by Crippen LogP contribution is -2.61. The van der Waals surface area contributed by atoms with Crippen LogP contribution in [0, 0.1) is 11.3 Å². The Morgan fingerprint density at radius 3 is 1.98 bits per heavy atom. The third-order valence-electron chi connectivity index (χ3n) is 7.96. The van der Waals surface area contributed by atoms with E-state index in [4.69, 9.17) is 11.6 Å². The fraction of sp³-hybridized carbons (Fsp3) is 0.500. The minimum Gasteiger partial charge on any atom is -0.342 e. The van der Waals surface area contributed by atoms with E-state index in [9.17, 15) is 22.8 Å². The molecule has 0 aliphatic carbocycles. The summed E-state index contributed by atoms with van der Waals surface area (Å²) in [6.07, 6.45) is 1.59. The molecule has 0 saturated carbocycles. The van der Waals surface area contributed by atoms with E-state index in [0.717, 1.165) is 5.56 Å². The minimum absolute atomic E-state index is 0.134. The first-order valence-electron chi connectivity index (χ1n) is 15.0. The van der Waals surface area contributed by atoms with Gasteiger partial charge in [0.05, 0.1) is 17.8 Å². The summed E-state index contributed by atoms with van der Waals surface area (Å²) in [6, 6.07) is 13.9. The Balaban J connectivity index is 2.29. The van der Waals surface area contributed by atoms with Gasteiger partial charge < -0.3 is 15.5 Å². The van der Waals surface area contributed by atoms with E-state index in [1.165, 1.54) is 11.8 Å². The maximum Gasteiger partial charge on any atom is 0.260 e. The summed E-state index contributed by atoms with van der Waals surface area (Å²) in [6.45, 7) is 14.9. The summed E-state index contributed by atoms with van der Waals surface area (Å²) >= 11 is 5.88. The number of carbonyl (C=O) groups excluding carboxylic acids is 3. The zero-order valence-electron chi connectivity index (χ0n) is 28.1. The van der Waals surface area contributed by atoms with E-state index >= 15 is 0 Å². The molecular formula is C34H49ClN4O5S. The van der Waals surface area contributed by atoms with Crippen LogP contribution in [-0.4, -0.2) is 63.3 Å². The summed E-state index contributed by atoms with van der Waals surface area (Å²) in [4.78, 5) is 42.3. The van der Waals surface area contributed by atoms with E-state index in [2.05, 4.69) is 15.4 Å². The molecule has 2 aromatic carbocycles. The van der Waals surface area contributed by atoms with Crippen LogP contribution in [0.5, 0.6) is 0 Å². The van der Waals surface area contributed by atoms with Gasteiger partial charge in [0.1, 0.15) is 6.04 Å². The van der Waals surface area contributed by atoms with Crippen LogP contribution in [0.2, 0.25) is 5.02 Å². The number of benzene rings is 2. The molecule has 3 amide bonds. The predicted molar refractivity (Wildman–Crippen MR) is 181 cm³/mol. The number of nitrogens with zero attached hydrogens (tertiary/aromatic N) is 1. The second-order valence-corrected chi connectivity index (χ2v) is 15.6. The average molecular weight is 661 g/mol. The molecule has 248 valence electrons. The molecular weight excluding hydrogens is 612 g/mol. The number of hydrogen-bond donors (Lipinski definition) is 3. The van der Waals surface area contributed by atoms with Crippen molar-refractivity contribution < 1.29 is 22.8 Å². The molecule has 9 nitrogen and oxygen atoms in total. The largest absolute Gasteiger partial charge is 0.342 e. The average Bonchev–Trinajstić information content (AvgIpc) is 2.94. The Bertz CT molecular complexity index is 1470. The quantitative estimate of drug-likeness (QED) is 0.265. The summed E-state index contributed by atoms with van der Waals surface area (Å²) in [5.41, 5.74) is 0.367. The van der Waals surface area contributed by atoms with Crippen molar-refractivity contribution in [3.8, 4) is 0 Å². The molecule has 0 heterocycles. The van der Waals surface area contributed by atoms with Crippen molar-refractivity contribution in [1.29, 1.82) is 0 Å². The van der Waals surface area contributed by atoms with Crippen LogP contribution in [-0.2, 0) is 35.6 Å². The highest BCUT2D eigenvalue weighted by Gasteiger charge is 2.41. The van der Waals surface area contributed by atoms with E-state index in [1.807, 2.05) is 78.8 Å². The topological polar surface area (TPSA) is 125 Å². The smallest absolute Gasteiger partial charge is 0.260 e. The predicted octanol–water partition coefficient (Wildman–Crippen LogP) is 4.81. The maximum absolute atomic E-state index is 14.1. The van der Waals surface area contributed by atoms with Crippen molar-refractivity contribution in [3.63, 3.8) is 0 Å². The van der Waals surface area contributed by atoms with Gasteiger partial charge in [-0.2, -0.15) is 0 Å². The van der Waals surface area contributed by atoms with Gasteiger partial charge in [-0.25, -0.2) is 13.1 Å². The molecule has 11 heteroatoms. The van der Waals surface area contributed by atoms with Crippen LogP contribution < -0.4 is 15.4 Å². The van der Waals surface area contributed by atoms with Crippen molar-refractivity contribution >= 4 is 39.3 Å². The number of carbonyl (C=O) groups is 3. The van der Waals surface area contributed by atoms with Gasteiger partial charge in [0.25, 0.3) is 5.91 Å². The molecule has 0 unspecified atom stereocenters. The number of sulfonamides is 1. The second kappa shape index (κ2) is 15.4. The zero-order chi connectivity index (χ0) is 34.3. The molecule has 3 N–H and O–H groups in total. The van der Waals surface area contributed by atoms with E-state index < -0.39 is 50.6 Å². The Kier molecular flexibility index (Phi) is 13.0. The summed E-state index contributed by atoms with van der Waals surface area (Å²) in [5, 5.41) is 6.62. The summed E-state index contributed by atoms with van der Waals surface area (Å²) in [5.74, 6) is -1.95. The van der Waals surface area contributed by atoms with Crippen LogP contribution in [0.3, 0.4) is 0 Å². The van der Waals surface area contributed by atoms with Crippen molar-refractivity contribution in [2.45, 2.75) is 84.7 Å². The standard InChI is InChI=1S/C34H49ClN4O5S/c1-22(2)27(20-23(3)30(40)38-45(43,44)21-24-16-18-26(35)19-17-24)39(10)32(42)29(33(4,5)6)37-31(41)28(36-9)34(7,8)25-14-12-11-13-15-25/h11-20,22,27-29,36H,21H2,1-10H3,(H,37,41)(H,38,40)/t27-,28-,29-/m1/s1. The molecule has 0 spiro atoms. The first-order chi connectivity index (χ1) is 20.7. The van der Waals surface area contributed by atoms with Gasteiger partial charge in [0.2, 0.25) is 21.8 Å². The Morgan fingerprint density at radius 2 is 1.49 bits per heavy atom. The van der Waals surface area contributed by atoms with Crippen LogP contribution >= 0.6 is 11.6 Å². The van der Waals surface area contributed by atoms with Gasteiger partial charge in [-0.05, 0) is 48.6 Å². The van der Waals surface area contributed by atoms with Crippen LogP contribution in [0.15, 0.2) is 66.2 Å². The van der Waals surface area contributed by atoms with Crippen molar-refractivity contribution in [1.82, 2.24) is 20.3 Å². The number of hydrogen-bond acceptors (Lipinski definition) is 6. The van der Waals surface area contributed by atoms with Gasteiger partial charge in [0, 0.05) is 23.1 Å². The first-order valence-corrected chi connectivity index (χ1v) is 17.0. The van der Waals surface area contributed by atoms with Gasteiger partial charge in [-0.1, -0.05) is 109 Å². The first kappa shape index (κ1) is 38.0. The number of halogens is 1. The van der Waals surface area contributed by atoms with Crippen molar-refractivity contribution in [2.24, 2.45) is 11.3 Å². The van der Waals surface area contributed by atoms with Gasteiger partial charge in [-0.3, -0.25) is 14.4 Å².